The van der Waals surface area contributed by atoms with Crippen LogP contribution in [0, 0.1) is 13.8 Å². The Hall–Kier alpha value is -1.05. The van der Waals surface area contributed by atoms with Crippen molar-refractivity contribution in [3.8, 4) is 0 Å². The number of rotatable bonds is 7. The summed E-state index contributed by atoms with van der Waals surface area (Å²) in [5.41, 5.74) is 2.13. The highest BCUT2D eigenvalue weighted by Gasteiger charge is 2.19. The fraction of sp³-hybridized carbons (Fsp3) is 0.429. The third-order valence-electron chi connectivity index (χ3n) is 2.87. The van der Waals surface area contributed by atoms with Crippen LogP contribution in [-0.4, -0.2) is 40.5 Å². The lowest BCUT2D eigenvalue weighted by Gasteiger charge is -2.13. The van der Waals surface area contributed by atoms with Crippen LogP contribution in [-0.2, 0) is 9.59 Å². The maximum atomic E-state index is 11.8. The molecule has 0 spiro atoms. The number of nitrogens with one attached hydrogen (secondary N) is 1. The van der Waals surface area contributed by atoms with E-state index in [0.717, 1.165) is 20.5 Å². The van der Waals surface area contributed by atoms with Gasteiger partial charge in [-0.2, -0.15) is 0 Å². The van der Waals surface area contributed by atoms with E-state index in [9.17, 15) is 9.59 Å². The second-order valence-corrected chi connectivity index (χ2v) is 6.50. The van der Waals surface area contributed by atoms with Crippen LogP contribution < -0.4 is 5.32 Å². The van der Waals surface area contributed by atoms with Crippen molar-refractivity contribution in [3.05, 3.63) is 27.7 Å². The van der Waals surface area contributed by atoms with Crippen molar-refractivity contribution < 1.29 is 19.8 Å². The Morgan fingerprint density at radius 2 is 2.00 bits per heavy atom. The Balaban J connectivity index is 2.60. The number of aliphatic hydroxyl groups is 1. The molecule has 0 saturated heterocycles. The number of aliphatic hydroxyl groups excluding tert-OH is 1. The van der Waals surface area contributed by atoms with Crippen molar-refractivity contribution in [2.24, 2.45) is 0 Å². The number of thioether (sulfide) groups is 1. The number of carboxylic acid groups (broad SMARTS) is 1. The minimum atomic E-state index is -1.14. The first-order valence-electron chi connectivity index (χ1n) is 6.37. The normalized spacial score (nSPS) is 12.0. The van der Waals surface area contributed by atoms with Crippen molar-refractivity contribution in [1.82, 2.24) is 5.32 Å². The van der Waals surface area contributed by atoms with Gasteiger partial charge in [0.05, 0.1) is 5.75 Å². The SMILES string of the molecule is Cc1cc(SCC(=O)N[C@H](CCO)C(=O)O)c(C)cc1Br. The number of carbonyl (C=O) groups excluding carboxylic acids is 1. The monoisotopic (exact) mass is 375 g/mol. The number of benzene rings is 1. The summed E-state index contributed by atoms with van der Waals surface area (Å²) in [4.78, 5) is 23.7. The summed E-state index contributed by atoms with van der Waals surface area (Å²) in [6, 6.07) is 2.93. The molecule has 0 fully saturated rings. The second kappa shape index (κ2) is 8.41. The molecule has 21 heavy (non-hydrogen) atoms. The van der Waals surface area contributed by atoms with Crippen molar-refractivity contribution in [2.45, 2.75) is 31.2 Å². The number of amides is 1. The molecule has 0 aliphatic heterocycles. The highest BCUT2D eigenvalue weighted by molar-refractivity contribution is 9.10. The number of aliphatic carboxylic acids is 1. The predicted octanol–water partition coefficient (Wildman–Crippen LogP) is 2.11. The molecule has 116 valence electrons. The molecule has 0 bridgehead atoms. The third kappa shape index (κ3) is 5.68. The fourth-order valence-corrected chi connectivity index (χ4v) is 3.05. The highest BCUT2D eigenvalue weighted by atomic mass is 79.9. The maximum absolute atomic E-state index is 11.8. The fourth-order valence-electron chi connectivity index (χ4n) is 1.68. The largest absolute Gasteiger partial charge is 0.480 e. The first-order valence-corrected chi connectivity index (χ1v) is 8.15. The number of hydrogen-bond donors (Lipinski definition) is 3. The molecule has 5 nitrogen and oxygen atoms in total. The molecule has 3 N–H and O–H groups in total. The van der Waals surface area contributed by atoms with Gasteiger partial charge in [0.2, 0.25) is 5.91 Å². The van der Waals surface area contributed by atoms with Crippen molar-refractivity contribution in [2.75, 3.05) is 12.4 Å². The summed E-state index contributed by atoms with van der Waals surface area (Å²) in [7, 11) is 0. The topological polar surface area (TPSA) is 86.6 Å². The Morgan fingerprint density at radius 3 is 2.57 bits per heavy atom. The van der Waals surface area contributed by atoms with Gasteiger partial charge in [0.15, 0.2) is 0 Å². The zero-order valence-electron chi connectivity index (χ0n) is 11.9. The van der Waals surface area contributed by atoms with Crippen LogP contribution in [0.15, 0.2) is 21.5 Å². The van der Waals surface area contributed by atoms with Gasteiger partial charge < -0.3 is 15.5 Å². The van der Waals surface area contributed by atoms with Gasteiger partial charge in [0, 0.05) is 22.4 Å². The van der Waals surface area contributed by atoms with Crippen LogP contribution in [0.25, 0.3) is 0 Å². The highest BCUT2D eigenvalue weighted by Crippen LogP contribution is 2.28. The molecule has 0 unspecified atom stereocenters. The summed E-state index contributed by atoms with van der Waals surface area (Å²) in [5, 5.41) is 20.1. The number of halogens is 1. The standard InChI is InChI=1S/C14H18BrNO4S/c1-8-6-12(9(2)5-10(8)15)21-7-13(18)16-11(3-4-17)14(19)20/h5-6,11,17H,3-4,7H2,1-2H3,(H,16,18)(H,19,20)/t11-/m1/s1. The van der Waals surface area contributed by atoms with E-state index >= 15 is 0 Å². The lowest BCUT2D eigenvalue weighted by Crippen LogP contribution is -2.42. The van der Waals surface area contributed by atoms with E-state index in [0.29, 0.717) is 0 Å². The van der Waals surface area contributed by atoms with E-state index in [2.05, 4.69) is 21.2 Å². The molecule has 1 atom stereocenters. The molecule has 1 aromatic carbocycles. The molecule has 0 saturated carbocycles. The van der Waals surface area contributed by atoms with Crippen LogP contribution >= 0.6 is 27.7 Å². The zero-order chi connectivity index (χ0) is 16.0. The summed E-state index contributed by atoms with van der Waals surface area (Å²) in [6.45, 7) is 3.64. The number of hydrogen-bond acceptors (Lipinski definition) is 4. The van der Waals surface area contributed by atoms with Crippen molar-refractivity contribution in [3.63, 3.8) is 0 Å². The lowest BCUT2D eigenvalue weighted by atomic mass is 10.2. The number of carboxylic acids is 1. The average Bonchev–Trinajstić information content (AvgIpc) is 2.40. The van der Waals surface area contributed by atoms with E-state index in [-0.39, 0.29) is 24.7 Å². The molecule has 0 aromatic heterocycles. The van der Waals surface area contributed by atoms with Gasteiger partial charge >= 0.3 is 5.97 Å². The van der Waals surface area contributed by atoms with Crippen LogP contribution in [0.3, 0.4) is 0 Å². The van der Waals surface area contributed by atoms with Gasteiger partial charge in [0.25, 0.3) is 0 Å². The molecule has 1 amide bonds. The Bertz CT molecular complexity index is 536. The molecule has 0 aliphatic carbocycles. The Morgan fingerprint density at radius 1 is 1.33 bits per heavy atom. The summed E-state index contributed by atoms with van der Waals surface area (Å²) in [5.74, 6) is -1.36. The van der Waals surface area contributed by atoms with Gasteiger partial charge in [0.1, 0.15) is 6.04 Å². The lowest BCUT2D eigenvalue weighted by molar-refractivity contribution is -0.141. The Labute approximate surface area is 136 Å². The van der Waals surface area contributed by atoms with Crippen molar-refractivity contribution in [1.29, 1.82) is 0 Å². The van der Waals surface area contributed by atoms with E-state index in [4.69, 9.17) is 10.2 Å². The zero-order valence-corrected chi connectivity index (χ0v) is 14.3. The molecular weight excluding hydrogens is 358 g/mol. The van der Waals surface area contributed by atoms with Crippen LogP contribution in [0.4, 0.5) is 0 Å². The minimum Gasteiger partial charge on any atom is -0.480 e. The van der Waals surface area contributed by atoms with Gasteiger partial charge in [-0.15, -0.1) is 11.8 Å². The summed E-state index contributed by atoms with van der Waals surface area (Å²) < 4.78 is 1.02. The first kappa shape index (κ1) is 18.0. The van der Waals surface area contributed by atoms with Crippen LogP contribution in [0.5, 0.6) is 0 Å². The van der Waals surface area contributed by atoms with Crippen LogP contribution in [0.2, 0.25) is 0 Å². The summed E-state index contributed by atoms with van der Waals surface area (Å²) >= 11 is 4.81. The summed E-state index contributed by atoms with van der Waals surface area (Å²) in [6.07, 6.45) is 0.00214. The predicted molar refractivity (Wildman–Crippen MR) is 85.6 cm³/mol. The van der Waals surface area contributed by atoms with Gasteiger partial charge in [-0.25, -0.2) is 4.79 Å². The van der Waals surface area contributed by atoms with Gasteiger partial charge in [-0.3, -0.25) is 4.79 Å². The van der Waals surface area contributed by atoms with E-state index < -0.39 is 12.0 Å². The van der Waals surface area contributed by atoms with Gasteiger partial charge in [-0.1, -0.05) is 15.9 Å². The average molecular weight is 376 g/mol. The first-order chi connectivity index (χ1) is 9.85. The minimum absolute atomic E-state index is 0.00214. The number of carbonyl (C=O) groups is 2. The van der Waals surface area contributed by atoms with E-state index in [1.165, 1.54) is 11.8 Å². The quantitative estimate of drug-likeness (QED) is 0.635. The molecule has 0 radical (unpaired) electrons. The molecule has 1 aromatic rings. The third-order valence-corrected chi connectivity index (χ3v) is 4.88. The molecule has 7 heteroatoms. The van der Waals surface area contributed by atoms with Crippen LogP contribution in [0.1, 0.15) is 17.5 Å². The van der Waals surface area contributed by atoms with Gasteiger partial charge in [-0.05, 0) is 37.1 Å². The van der Waals surface area contributed by atoms with Crippen molar-refractivity contribution >= 4 is 39.6 Å². The van der Waals surface area contributed by atoms with E-state index in [1.807, 2.05) is 26.0 Å². The molecule has 1 rings (SSSR count). The molecule has 0 aliphatic rings. The van der Waals surface area contributed by atoms with E-state index in [1.54, 1.807) is 0 Å². The Kier molecular flexibility index (Phi) is 7.21. The smallest absolute Gasteiger partial charge is 0.326 e. The second-order valence-electron chi connectivity index (χ2n) is 4.63. The maximum Gasteiger partial charge on any atom is 0.326 e. The molecule has 0 heterocycles. The molecular formula is C14H18BrNO4S. The number of aryl methyl sites for hydroxylation is 2.